The molecule has 3 N–H and O–H groups in total. The number of hydrogen-bond donors (Lipinski definition) is 3. The Kier molecular flexibility index (Phi) is 3.41. The van der Waals surface area contributed by atoms with Crippen LogP contribution in [0.2, 0.25) is 0 Å². The third kappa shape index (κ3) is 2.75. The van der Waals surface area contributed by atoms with Gasteiger partial charge in [-0.2, -0.15) is 0 Å². The van der Waals surface area contributed by atoms with Crippen molar-refractivity contribution in [1.82, 2.24) is 24.9 Å². The van der Waals surface area contributed by atoms with Crippen LogP contribution in [0.5, 0.6) is 0 Å². The first-order valence-corrected chi connectivity index (χ1v) is 10.8. The lowest BCUT2D eigenvalue weighted by molar-refractivity contribution is 0.650. The van der Waals surface area contributed by atoms with Gasteiger partial charge in [0.1, 0.15) is 11.4 Å². The summed E-state index contributed by atoms with van der Waals surface area (Å²) in [5.74, 6) is 0. The highest BCUT2D eigenvalue weighted by Gasteiger charge is 2.26. The number of aryl methyl sites for hydroxylation is 2. The largest absolute Gasteiger partial charge is 0.355 e. The Morgan fingerprint density at radius 2 is 1.55 bits per heavy atom. The summed E-state index contributed by atoms with van der Waals surface area (Å²) < 4.78 is 0. The molecule has 6 heteroatoms. The van der Waals surface area contributed by atoms with Gasteiger partial charge >= 0.3 is 0 Å². The molecule has 2 aromatic heterocycles. The van der Waals surface area contributed by atoms with Crippen LogP contribution in [0.15, 0.2) is 47.1 Å². The van der Waals surface area contributed by atoms with Gasteiger partial charge in [-0.25, -0.2) is 15.0 Å². The van der Waals surface area contributed by atoms with Gasteiger partial charge in [-0.05, 0) is 80.3 Å². The van der Waals surface area contributed by atoms with Crippen molar-refractivity contribution in [3.8, 4) is 11.4 Å². The minimum Gasteiger partial charge on any atom is -0.355 e. The third-order valence-electron chi connectivity index (χ3n) is 6.18. The maximum Gasteiger partial charge on any atom is 0.115 e. The molecular formula is C25H20N6. The highest BCUT2D eigenvalue weighted by atomic mass is 15.0. The zero-order chi connectivity index (χ0) is 20.4. The molecule has 1 aliphatic carbocycles. The minimum atomic E-state index is 0.863. The first-order valence-electron chi connectivity index (χ1n) is 10.8. The maximum atomic E-state index is 5.06. The fraction of sp³-hybridized carbons (Fsp3) is 0.160. The van der Waals surface area contributed by atoms with Crippen molar-refractivity contribution >= 4 is 23.9 Å². The Labute approximate surface area is 178 Å². The predicted molar refractivity (Wildman–Crippen MR) is 121 cm³/mol. The quantitative estimate of drug-likeness (QED) is 0.421. The molecule has 6 nitrogen and oxygen atoms in total. The van der Waals surface area contributed by atoms with Crippen molar-refractivity contribution in [2.24, 2.45) is 4.99 Å². The first-order chi connectivity index (χ1) is 15.3. The van der Waals surface area contributed by atoms with E-state index in [0.29, 0.717) is 0 Å². The van der Waals surface area contributed by atoms with Crippen LogP contribution >= 0.6 is 0 Å². The van der Waals surface area contributed by atoms with E-state index in [9.17, 15) is 0 Å². The normalized spacial score (nSPS) is 16.6. The van der Waals surface area contributed by atoms with Crippen LogP contribution < -0.4 is 10.7 Å². The highest BCUT2D eigenvalue weighted by Crippen LogP contribution is 2.32. The zero-order valence-corrected chi connectivity index (χ0v) is 16.9. The summed E-state index contributed by atoms with van der Waals surface area (Å²) in [6.07, 6.45) is 14.8. The molecule has 4 aliphatic heterocycles. The number of nitrogens with one attached hydrogen (secondary N) is 3. The second kappa shape index (κ2) is 6.28. The molecule has 150 valence electrons. The number of aromatic amines is 3. The molecule has 0 atom stereocenters. The van der Waals surface area contributed by atoms with Crippen LogP contribution in [-0.4, -0.2) is 30.6 Å². The minimum absolute atomic E-state index is 0.863. The van der Waals surface area contributed by atoms with E-state index in [-0.39, 0.29) is 0 Å². The van der Waals surface area contributed by atoms with Crippen LogP contribution in [0, 0.1) is 0 Å². The Bertz CT molecular complexity index is 1530. The lowest BCUT2D eigenvalue weighted by Crippen LogP contribution is -2.11. The summed E-state index contributed by atoms with van der Waals surface area (Å²) in [4.78, 5) is 25.5. The summed E-state index contributed by atoms with van der Waals surface area (Å²) in [6, 6.07) is 8.31. The molecule has 0 fully saturated rings. The second-order valence-electron chi connectivity index (χ2n) is 8.36. The summed E-state index contributed by atoms with van der Waals surface area (Å²) in [5.41, 5.74) is 9.88. The Morgan fingerprint density at radius 3 is 2.48 bits per heavy atom. The molecule has 0 aromatic carbocycles. The topological polar surface area (TPSA) is 85.5 Å². The Balaban J connectivity index is 1.54. The van der Waals surface area contributed by atoms with Gasteiger partial charge in [0.2, 0.25) is 0 Å². The molecule has 8 bridgehead atoms. The number of H-pyrrole nitrogens is 3. The molecule has 0 amide bonds. The lowest BCUT2D eigenvalue weighted by atomic mass is 9.99. The van der Waals surface area contributed by atoms with Gasteiger partial charge in [-0.15, -0.1) is 0 Å². The molecular weight excluding hydrogens is 384 g/mol. The summed E-state index contributed by atoms with van der Waals surface area (Å²) in [5, 5.41) is 2.04. The second-order valence-corrected chi connectivity index (χ2v) is 8.36. The van der Waals surface area contributed by atoms with Gasteiger partial charge in [0.15, 0.2) is 0 Å². The van der Waals surface area contributed by atoms with Crippen LogP contribution in [0.3, 0.4) is 0 Å². The van der Waals surface area contributed by atoms with E-state index >= 15 is 0 Å². The van der Waals surface area contributed by atoms with Crippen molar-refractivity contribution < 1.29 is 0 Å². The molecule has 6 heterocycles. The van der Waals surface area contributed by atoms with Gasteiger partial charge < -0.3 is 15.0 Å². The molecule has 31 heavy (non-hydrogen) atoms. The van der Waals surface area contributed by atoms with Gasteiger partial charge in [-0.1, -0.05) is 0 Å². The number of hydrogen-bond acceptors (Lipinski definition) is 3. The monoisotopic (exact) mass is 404 g/mol. The summed E-state index contributed by atoms with van der Waals surface area (Å²) in [7, 11) is 0. The van der Waals surface area contributed by atoms with Crippen LogP contribution in [0.1, 0.15) is 47.0 Å². The van der Waals surface area contributed by atoms with Crippen molar-refractivity contribution in [2.75, 3.05) is 0 Å². The number of nitrogens with zero attached hydrogens (tertiary/aromatic N) is 3. The SMILES string of the molecule is C1=CC2=NC1=Cc1ccc([nH]1)C=c1ccc([nH]1)=Cc1nc2c2[nH]c3c(nc1-2)CCCC3. The maximum absolute atomic E-state index is 5.06. The number of aromatic nitrogens is 5. The van der Waals surface area contributed by atoms with E-state index in [1.807, 2.05) is 12.2 Å². The molecule has 0 saturated heterocycles. The number of fused-ring (bicyclic) bond motifs is 12. The van der Waals surface area contributed by atoms with Crippen LogP contribution in [0.25, 0.3) is 29.6 Å². The van der Waals surface area contributed by atoms with Crippen molar-refractivity contribution in [3.63, 3.8) is 0 Å². The predicted octanol–water partition coefficient (Wildman–Crippen LogP) is 2.82. The average Bonchev–Trinajstić information content (AvgIpc) is 3.56. The molecule has 0 unspecified atom stereocenters. The molecule has 5 aliphatic rings. The van der Waals surface area contributed by atoms with E-state index in [0.717, 1.165) is 69.1 Å². The summed E-state index contributed by atoms with van der Waals surface area (Å²) >= 11 is 0. The van der Waals surface area contributed by atoms with Gasteiger partial charge in [0, 0.05) is 27.8 Å². The molecule has 2 aromatic rings. The zero-order valence-electron chi connectivity index (χ0n) is 16.9. The van der Waals surface area contributed by atoms with Crippen molar-refractivity contribution in [3.05, 3.63) is 87.0 Å². The molecule has 7 rings (SSSR count). The first kappa shape index (κ1) is 16.8. The van der Waals surface area contributed by atoms with Crippen molar-refractivity contribution in [2.45, 2.75) is 25.7 Å². The van der Waals surface area contributed by atoms with E-state index in [4.69, 9.17) is 15.0 Å². The average molecular weight is 404 g/mol. The Hall–Kier alpha value is -3.93. The molecule has 0 saturated carbocycles. The van der Waals surface area contributed by atoms with Crippen LogP contribution in [-0.2, 0) is 12.8 Å². The van der Waals surface area contributed by atoms with E-state index in [1.54, 1.807) is 0 Å². The fourth-order valence-electron chi connectivity index (χ4n) is 4.68. The lowest BCUT2D eigenvalue weighted by Gasteiger charge is -2.17. The number of rotatable bonds is 0. The van der Waals surface area contributed by atoms with Gasteiger partial charge in [0.05, 0.1) is 28.5 Å². The van der Waals surface area contributed by atoms with E-state index in [1.165, 1.54) is 24.2 Å². The third-order valence-corrected chi connectivity index (χ3v) is 6.18. The smallest absolute Gasteiger partial charge is 0.115 e. The Morgan fingerprint density at radius 1 is 0.710 bits per heavy atom. The number of allylic oxidation sites excluding steroid dienone is 2. The molecule has 0 spiro atoms. The molecule has 0 radical (unpaired) electrons. The van der Waals surface area contributed by atoms with Crippen molar-refractivity contribution in [1.29, 1.82) is 0 Å². The standard InChI is InChI=1S/C25H20N6/c1-2-4-20-19(3-1)29-24-22-13-18-8-7-15(27-18)11-14-5-6-16(26-14)12-17-9-10-21(28-17)23(31-22)25(24)30-20/h5-13,26-27,30H,1-4H2. The fourth-order valence-corrected chi connectivity index (χ4v) is 4.68. The van der Waals surface area contributed by atoms with Crippen LogP contribution in [0.4, 0.5) is 0 Å². The van der Waals surface area contributed by atoms with E-state index in [2.05, 4.69) is 57.4 Å². The highest BCUT2D eigenvalue weighted by molar-refractivity contribution is 6.14. The summed E-state index contributed by atoms with van der Waals surface area (Å²) in [6.45, 7) is 0. The number of aliphatic imine (C=N–C) groups is 1. The van der Waals surface area contributed by atoms with Gasteiger partial charge in [0.25, 0.3) is 0 Å². The van der Waals surface area contributed by atoms with E-state index < -0.39 is 0 Å². The van der Waals surface area contributed by atoms with Gasteiger partial charge in [-0.3, -0.25) is 0 Å².